The number of fused-ring (bicyclic) bond motifs is 6. The molecule has 0 saturated carbocycles. The quantitative estimate of drug-likeness (QED) is 0.175. The lowest BCUT2D eigenvalue weighted by molar-refractivity contribution is -0.137. The van der Waals surface area contributed by atoms with Crippen LogP contribution in [-0.2, 0) is 6.18 Å². The second kappa shape index (κ2) is 11.2. The van der Waals surface area contributed by atoms with Crippen molar-refractivity contribution >= 4 is 43.4 Å². The van der Waals surface area contributed by atoms with Gasteiger partial charge in [0.25, 0.3) is 0 Å². The van der Waals surface area contributed by atoms with E-state index in [-0.39, 0.29) is 0 Å². The fourth-order valence-electron chi connectivity index (χ4n) is 7.14. The van der Waals surface area contributed by atoms with Crippen LogP contribution in [-0.4, -0.2) is 9.55 Å². The average Bonchev–Trinajstić information content (AvgIpc) is 3.54. The van der Waals surface area contributed by atoms with Crippen molar-refractivity contribution in [3.8, 4) is 39.3 Å². The molecule has 0 unspecified atom stereocenters. The summed E-state index contributed by atoms with van der Waals surface area (Å²) in [5.74, 6) is 0.583. The average molecular weight is 641 g/mol. The molecule has 0 aliphatic heterocycles. The topological polar surface area (TPSA) is 17.8 Å². The summed E-state index contributed by atoms with van der Waals surface area (Å²) in [6, 6.07) is 53.8. The summed E-state index contributed by atoms with van der Waals surface area (Å²) in [6.07, 6.45) is -4.45. The molecule has 0 radical (unpaired) electrons. The van der Waals surface area contributed by atoms with Gasteiger partial charge in [-0.25, -0.2) is 4.98 Å². The lowest BCUT2D eigenvalue weighted by atomic mass is 9.88. The van der Waals surface area contributed by atoms with Gasteiger partial charge in [0.15, 0.2) is 0 Å². The van der Waals surface area contributed by atoms with E-state index in [0.717, 1.165) is 39.9 Å². The first-order valence-electron chi connectivity index (χ1n) is 16.1. The van der Waals surface area contributed by atoms with Crippen LogP contribution in [0.25, 0.3) is 82.7 Å². The number of rotatable bonds is 4. The number of nitrogens with zero attached hydrogens (tertiary/aromatic N) is 2. The van der Waals surface area contributed by atoms with Crippen LogP contribution in [0.3, 0.4) is 0 Å². The Bertz CT molecular complexity index is 2670. The molecule has 0 spiro atoms. The van der Waals surface area contributed by atoms with Crippen LogP contribution in [0.1, 0.15) is 5.56 Å². The van der Waals surface area contributed by atoms with Gasteiger partial charge >= 0.3 is 6.18 Å². The normalized spacial score (nSPS) is 12.0. The Morgan fingerprint density at radius 2 is 0.918 bits per heavy atom. The van der Waals surface area contributed by atoms with Gasteiger partial charge in [-0.1, -0.05) is 121 Å². The number of benzene rings is 8. The zero-order valence-electron chi connectivity index (χ0n) is 26.1. The maximum absolute atomic E-state index is 13.6. The number of aromatic nitrogens is 2. The van der Waals surface area contributed by atoms with Crippen molar-refractivity contribution in [2.45, 2.75) is 6.18 Å². The molecular formula is C44H27F3N2. The molecule has 0 saturated heterocycles. The summed E-state index contributed by atoms with van der Waals surface area (Å²) in [6.45, 7) is 0. The highest BCUT2D eigenvalue weighted by Crippen LogP contribution is 2.42. The smallest absolute Gasteiger partial charge is 0.292 e. The Morgan fingerprint density at radius 3 is 1.47 bits per heavy atom. The van der Waals surface area contributed by atoms with E-state index < -0.39 is 11.7 Å². The third-order valence-electron chi connectivity index (χ3n) is 9.42. The molecule has 0 aliphatic rings. The molecule has 0 aliphatic carbocycles. The minimum Gasteiger partial charge on any atom is -0.292 e. The molecule has 0 bridgehead atoms. The number of alkyl halides is 3. The van der Waals surface area contributed by atoms with Gasteiger partial charge < -0.3 is 0 Å². The van der Waals surface area contributed by atoms with Gasteiger partial charge in [-0.05, 0) is 97.0 Å². The monoisotopic (exact) mass is 640 g/mol. The van der Waals surface area contributed by atoms with Gasteiger partial charge in [0.05, 0.1) is 16.6 Å². The van der Waals surface area contributed by atoms with Crippen molar-refractivity contribution in [3.05, 3.63) is 169 Å². The van der Waals surface area contributed by atoms with Crippen LogP contribution >= 0.6 is 0 Å². The second-order valence-electron chi connectivity index (χ2n) is 12.3. The Balaban J connectivity index is 1.24. The third-order valence-corrected chi connectivity index (χ3v) is 9.42. The lowest BCUT2D eigenvalue weighted by Crippen LogP contribution is -2.04. The second-order valence-corrected chi connectivity index (χ2v) is 12.3. The minimum atomic E-state index is -4.45. The minimum absolute atomic E-state index is 0.292. The van der Waals surface area contributed by atoms with Gasteiger partial charge in [0, 0.05) is 11.3 Å². The first-order chi connectivity index (χ1) is 23.9. The van der Waals surface area contributed by atoms with Crippen LogP contribution in [0.2, 0.25) is 0 Å². The predicted octanol–water partition coefficient (Wildman–Crippen LogP) is 12.5. The molecule has 9 aromatic rings. The third kappa shape index (κ3) is 4.85. The van der Waals surface area contributed by atoms with Crippen LogP contribution in [0, 0.1) is 0 Å². The van der Waals surface area contributed by atoms with Gasteiger partial charge in [-0.3, -0.25) is 4.57 Å². The fourth-order valence-corrected chi connectivity index (χ4v) is 7.14. The van der Waals surface area contributed by atoms with E-state index in [0.29, 0.717) is 16.9 Å². The molecule has 0 amide bonds. The Kier molecular flexibility index (Phi) is 6.63. The molecule has 2 nitrogen and oxygen atoms in total. The van der Waals surface area contributed by atoms with Gasteiger partial charge in [-0.2, -0.15) is 13.2 Å². The maximum atomic E-state index is 13.6. The highest BCUT2D eigenvalue weighted by atomic mass is 19.4. The summed E-state index contributed by atoms with van der Waals surface area (Å²) in [5.41, 5.74) is 6.36. The lowest BCUT2D eigenvalue weighted by Gasteiger charge is -2.16. The Labute approximate surface area is 280 Å². The molecule has 0 N–H and O–H groups in total. The van der Waals surface area contributed by atoms with E-state index in [2.05, 4.69) is 97.1 Å². The molecule has 5 heteroatoms. The molecule has 0 atom stereocenters. The standard InChI is InChI=1S/C44H27F3N2/c45-44(46,47)31-21-24-42-41(25-31)48-43(30-13-5-2-6-14-30)49(42)32-22-19-29(20-23-32)38-27-40-35-17-9-7-15-33(35)37(28-11-3-1-4-12-28)26-39(40)36-18-10-8-16-34(36)38/h1-27H. The number of halogens is 3. The zero-order valence-corrected chi connectivity index (χ0v) is 26.1. The van der Waals surface area contributed by atoms with Crippen LogP contribution in [0.5, 0.6) is 0 Å². The van der Waals surface area contributed by atoms with Crippen molar-refractivity contribution in [2.75, 3.05) is 0 Å². The molecule has 49 heavy (non-hydrogen) atoms. The van der Waals surface area contributed by atoms with E-state index in [1.807, 2.05) is 53.1 Å². The van der Waals surface area contributed by atoms with Crippen molar-refractivity contribution in [3.63, 3.8) is 0 Å². The maximum Gasteiger partial charge on any atom is 0.416 e. The van der Waals surface area contributed by atoms with E-state index >= 15 is 0 Å². The van der Waals surface area contributed by atoms with Crippen molar-refractivity contribution in [1.82, 2.24) is 9.55 Å². The highest BCUT2D eigenvalue weighted by Gasteiger charge is 2.31. The van der Waals surface area contributed by atoms with Crippen LogP contribution in [0.4, 0.5) is 13.2 Å². The molecule has 1 heterocycles. The van der Waals surface area contributed by atoms with E-state index in [4.69, 9.17) is 4.98 Å². The Hall–Kier alpha value is -6.20. The summed E-state index contributed by atoms with van der Waals surface area (Å²) in [4.78, 5) is 4.71. The molecule has 9 rings (SSSR count). The van der Waals surface area contributed by atoms with Crippen LogP contribution < -0.4 is 0 Å². The largest absolute Gasteiger partial charge is 0.416 e. The number of hydrogen-bond donors (Lipinski definition) is 0. The molecular weight excluding hydrogens is 613 g/mol. The summed E-state index contributed by atoms with van der Waals surface area (Å²) >= 11 is 0. The molecule has 8 aromatic carbocycles. The number of imidazole rings is 1. The van der Waals surface area contributed by atoms with Gasteiger partial charge in [-0.15, -0.1) is 0 Å². The van der Waals surface area contributed by atoms with E-state index in [1.165, 1.54) is 44.1 Å². The van der Waals surface area contributed by atoms with Gasteiger partial charge in [0.1, 0.15) is 5.82 Å². The summed E-state index contributed by atoms with van der Waals surface area (Å²) in [7, 11) is 0. The van der Waals surface area contributed by atoms with Crippen molar-refractivity contribution in [2.24, 2.45) is 0 Å². The van der Waals surface area contributed by atoms with E-state index in [1.54, 1.807) is 0 Å². The first-order valence-corrected chi connectivity index (χ1v) is 16.1. The molecule has 234 valence electrons. The predicted molar refractivity (Wildman–Crippen MR) is 195 cm³/mol. The molecule has 0 fully saturated rings. The summed E-state index contributed by atoms with van der Waals surface area (Å²) < 4.78 is 42.8. The van der Waals surface area contributed by atoms with Gasteiger partial charge in [0.2, 0.25) is 0 Å². The van der Waals surface area contributed by atoms with Crippen LogP contribution in [0.15, 0.2) is 164 Å². The zero-order chi connectivity index (χ0) is 33.1. The highest BCUT2D eigenvalue weighted by molar-refractivity contribution is 6.23. The molecule has 1 aromatic heterocycles. The summed E-state index contributed by atoms with van der Waals surface area (Å²) in [5, 5.41) is 7.10. The SMILES string of the molecule is FC(F)(F)c1ccc2c(c1)nc(-c1ccccc1)n2-c1ccc(-c2cc3c4ccccc4c(-c4ccccc4)cc3c3ccccc23)cc1. The van der Waals surface area contributed by atoms with Crippen molar-refractivity contribution in [1.29, 1.82) is 0 Å². The Morgan fingerprint density at radius 1 is 0.429 bits per heavy atom. The first kappa shape index (κ1) is 29.0. The fraction of sp³-hybridized carbons (Fsp3) is 0.0227. The van der Waals surface area contributed by atoms with Crippen molar-refractivity contribution < 1.29 is 13.2 Å². The number of hydrogen-bond acceptors (Lipinski definition) is 1. The van der Waals surface area contributed by atoms with E-state index in [9.17, 15) is 13.2 Å².